The molecular formula is C15H15ClN2O4S. The van der Waals surface area contributed by atoms with Crippen LogP contribution in [0.3, 0.4) is 0 Å². The first kappa shape index (κ1) is 17.2. The van der Waals surface area contributed by atoms with Crippen molar-refractivity contribution in [3.05, 3.63) is 40.4 Å². The lowest BCUT2D eigenvalue weighted by Crippen LogP contribution is -2.42. The Morgan fingerprint density at radius 1 is 1.26 bits per heavy atom. The van der Waals surface area contributed by atoms with Crippen LogP contribution < -0.4 is 10.1 Å². The monoisotopic (exact) mass is 354 g/mol. The number of halogens is 1. The normalized spacial score (nSPS) is 11.0. The van der Waals surface area contributed by atoms with E-state index in [4.69, 9.17) is 16.3 Å². The summed E-state index contributed by atoms with van der Waals surface area (Å²) in [6.07, 6.45) is 1.35. The number of rotatable bonds is 5. The molecule has 1 amide bonds. The van der Waals surface area contributed by atoms with Gasteiger partial charge in [0.2, 0.25) is 0 Å². The van der Waals surface area contributed by atoms with Gasteiger partial charge in [0.25, 0.3) is 5.91 Å². The summed E-state index contributed by atoms with van der Waals surface area (Å²) in [5.41, 5.74) is -1.13. The van der Waals surface area contributed by atoms with E-state index in [1.807, 2.05) is 0 Å². The third kappa shape index (κ3) is 4.43. The van der Waals surface area contributed by atoms with Gasteiger partial charge in [0.15, 0.2) is 10.7 Å². The fourth-order valence-corrected chi connectivity index (χ4v) is 2.47. The third-order valence-corrected chi connectivity index (χ3v) is 3.99. The van der Waals surface area contributed by atoms with Crippen LogP contribution in [0.2, 0.25) is 5.02 Å². The topological polar surface area (TPSA) is 77.5 Å². The lowest BCUT2D eigenvalue weighted by atomic mass is 10.1. The number of hydrogen-bond acceptors (Lipinski definition) is 6. The smallest absolute Gasteiger partial charge is 0.349 e. The zero-order valence-electron chi connectivity index (χ0n) is 12.8. The van der Waals surface area contributed by atoms with Crippen LogP contribution in [0.4, 0.5) is 5.13 Å². The number of carbonyl (C=O) groups is 2. The zero-order valence-corrected chi connectivity index (χ0v) is 14.3. The number of carbonyl (C=O) groups excluding carboxylic acids is 2. The highest BCUT2D eigenvalue weighted by Gasteiger charge is 2.31. The van der Waals surface area contributed by atoms with Gasteiger partial charge in [-0.1, -0.05) is 22.9 Å². The summed E-state index contributed by atoms with van der Waals surface area (Å²) in [6.45, 7) is 3.26. The fourth-order valence-electron chi connectivity index (χ4n) is 1.62. The van der Waals surface area contributed by atoms with Crippen LogP contribution in [0.15, 0.2) is 30.5 Å². The Labute approximate surface area is 142 Å². The molecule has 0 aliphatic rings. The van der Waals surface area contributed by atoms with Gasteiger partial charge in [0.05, 0.1) is 13.3 Å². The number of aromatic nitrogens is 1. The van der Waals surface area contributed by atoms with Gasteiger partial charge in [-0.3, -0.25) is 10.1 Å². The second kappa shape index (κ2) is 6.97. The minimum absolute atomic E-state index is 0.295. The highest BCUT2D eigenvalue weighted by molar-refractivity contribution is 7.17. The van der Waals surface area contributed by atoms with Crippen LogP contribution >= 0.6 is 22.9 Å². The van der Waals surface area contributed by atoms with E-state index in [-0.39, 0.29) is 0 Å². The van der Waals surface area contributed by atoms with Gasteiger partial charge in [-0.15, -0.1) is 0 Å². The van der Waals surface area contributed by atoms with Crippen LogP contribution in [0, 0.1) is 0 Å². The Bertz CT molecular complexity index is 713. The van der Waals surface area contributed by atoms with Crippen molar-refractivity contribution in [1.29, 1.82) is 0 Å². The standard InChI is InChI=1S/C15H15ClN2O4S/c1-15(2,22-10-6-4-9(16)5-7-10)13(20)18-14-17-8-11(23-14)12(19)21-3/h4-8H,1-3H3,(H,17,18,20). The van der Waals surface area contributed by atoms with Crippen LogP contribution in [0.1, 0.15) is 23.5 Å². The van der Waals surface area contributed by atoms with Crippen molar-refractivity contribution < 1.29 is 19.1 Å². The molecule has 23 heavy (non-hydrogen) atoms. The summed E-state index contributed by atoms with van der Waals surface area (Å²) in [6, 6.07) is 6.70. The van der Waals surface area contributed by atoms with Crippen molar-refractivity contribution in [2.75, 3.05) is 12.4 Å². The largest absolute Gasteiger partial charge is 0.478 e. The van der Waals surface area contributed by atoms with Crippen molar-refractivity contribution in [2.24, 2.45) is 0 Å². The first-order valence-electron chi connectivity index (χ1n) is 6.62. The maximum Gasteiger partial charge on any atom is 0.349 e. The Kier molecular flexibility index (Phi) is 5.23. The number of nitrogens with zero attached hydrogens (tertiary/aromatic N) is 1. The molecule has 1 aromatic heterocycles. The number of benzene rings is 1. The van der Waals surface area contributed by atoms with Crippen LogP contribution in [0.5, 0.6) is 5.75 Å². The molecule has 0 radical (unpaired) electrons. The van der Waals surface area contributed by atoms with Crippen molar-refractivity contribution in [1.82, 2.24) is 4.98 Å². The molecule has 122 valence electrons. The Balaban J connectivity index is 2.04. The summed E-state index contributed by atoms with van der Waals surface area (Å²) in [7, 11) is 1.28. The molecule has 0 spiro atoms. The van der Waals surface area contributed by atoms with Crippen molar-refractivity contribution >= 4 is 39.9 Å². The van der Waals surface area contributed by atoms with E-state index >= 15 is 0 Å². The Morgan fingerprint density at radius 2 is 1.91 bits per heavy atom. The lowest BCUT2D eigenvalue weighted by molar-refractivity contribution is -0.128. The highest BCUT2D eigenvalue weighted by atomic mass is 35.5. The molecule has 0 bridgehead atoms. The van der Waals surface area contributed by atoms with Gasteiger partial charge in [-0.2, -0.15) is 0 Å². The number of amides is 1. The summed E-state index contributed by atoms with van der Waals surface area (Å²) in [5.74, 6) is -0.373. The number of nitrogens with one attached hydrogen (secondary N) is 1. The molecule has 0 aliphatic carbocycles. The van der Waals surface area contributed by atoms with E-state index in [0.29, 0.717) is 20.8 Å². The predicted octanol–water partition coefficient (Wildman–Crippen LogP) is 3.38. The summed E-state index contributed by atoms with van der Waals surface area (Å²) < 4.78 is 10.3. The van der Waals surface area contributed by atoms with Crippen LogP contribution in [0.25, 0.3) is 0 Å². The summed E-state index contributed by atoms with van der Waals surface area (Å²) in [5, 5.41) is 3.50. The quantitative estimate of drug-likeness (QED) is 0.833. The van der Waals surface area contributed by atoms with Crippen molar-refractivity contribution in [3.8, 4) is 5.75 Å². The minimum atomic E-state index is -1.13. The Hall–Kier alpha value is -2.12. The van der Waals surface area contributed by atoms with Gasteiger partial charge in [-0.25, -0.2) is 9.78 Å². The van der Waals surface area contributed by atoms with Crippen LogP contribution in [-0.2, 0) is 9.53 Å². The van der Waals surface area contributed by atoms with Gasteiger partial charge in [0.1, 0.15) is 10.6 Å². The third-order valence-electron chi connectivity index (χ3n) is 2.85. The summed E-state index contributed by atoms with van der Waals surface area (Å²) >= 11 is 6.84. The number of anilines is 1. The molecule has 8 heteroatoms. The number of ether oxygens (including phenoxy) is 2. The highest BCUT2D eigenvalue weighted by Crippen LogP contribution is 2.24. The Morgan fingerprint density at radius 3 is 2.52 bits per heavy atom. The number of hydrogen-bond donors (Lipinski definition) is 1. The van der Waals surface area contributed by atoms with Gasteiger partial charge < -0.3 is 9.47 Å². The minimum Gasteiger partial charge on any atom is -0.478 e. The molecule has 2 aromatic rings. The number of thiazole rings is 1. The molecule has 0 aliphatic heterocycles. The maximum atomic E-state index is 12.3. The molecule has 0 atom stereocenters. The fraction of sp³-hybridized carbons (Fsp3) is 0.267. The summed E-state index contributed by atoms with van der Waals surface area (Å²) in [4.78, 5) is 28.0. The average molecular weight is 355 g/mol. The number of methoxy groups -OCH3 is 1. The van der Waals surface area contributed by atoms with Crippen molar-refractivity contribution in [3.63, 3.8) is 0 Å². The molecule has 1 N–H and O–H groups in total. The van der Waals surface area contributed by atoms with E-state index in [1.54, 1.807) is 38.1 Å². The SMILES string of the molecule is COC(=O)c1cnc(NC(=O)C(C)(C)Oc2ccc(Cl)cc2)s1. The second-order valence-corrected chi connectivity index (χ2v) is 6.51. The lowest BCUT2D eigenvalue weighted by Gasteiger charge is -2.24. The molecule has 0 saturated heterocycles. The van der Waals surface area contributed by atoms with Gasteiger partial charge in [0, 0.05) is 5.02 Å². The van der Waals surface area contributed by atoms with Crippen LogP contribution in [-0.4, -0.2) is 29.6 Å². The second-order valence-electron chi connectivity index (χ2n) is 5.04. The molecule has 0 unspecified atom stereocenters. The first-order valence-corrected chi connectivity index (χ1v) is 7.81. The molecule has 0 fully saturated rings. The molecular weight excluding hydrogens is 340 g/mol. The molecule has 0 saturated carbocycles. The van der Waals surface area contributed by atoms with Crippen molar-refractivity contribution in [2.45, 2.75) is 19.4 Å². The first-order chi connectivity index (χ1) is 10.8. The van der Waals surface area contributed by atoms with Gasteiger partial charge >= 0.3 is 5.97 Å². The molecule has 1 heterocycles. The predicted molar refractivity (Wildman–Crippen MR) is 88.2 cm³/mol. The average Bonchev–Trinajstić information content (AvgIpc) is 2.97. The van der Waals surface area contributed by atoms with E-state index in [1.165, 1.54) is 13.3 Å². The van der Waals surface area contributed by atoms with E-state index in [0.717, 1.165) is 11.3 Å². The van der Waals surface area contributed by atoms with E-state index in [9.17, 15) is 9.59 Å². The molecule has 2 rings (SSSR count). The van der Waals surface area contributed by atoms with Gasteiger partial charge in [-0.05, 0) is 38.1 Å². The van der Waals surface area contributed by atoms with E-state index < -0.39 is 17.5 Å². The zero-order chi connectivity index (χ0) is 17.0. The van der Waals surface area contributed by atoms with E-state index in [2.05, 4.69) is 15.0 Å². The molecule has 6 nitrogen and oxygen atoms in total. The number of esters is 1. The maximum absolute atomic E-state index is 12.3. The molecule has 1 aromatic carbocycles.